The Kier molecular flexibility index (Phi) is 7.34. The summed E-state index contributed by atoms with van der Waals surface area (Å²) in [5, 5.41) is 2.88. The van der Waals surface area contributed by atoms with Crippen LogP contribution in [0.25, 0.3) is 0 Å². The lowest BCUT2D eigenvalue weighted by molar-refractivity contribution is -0.130. The van der Waals surface area contributed by atoms with Crippen LogP contribution < -0.4 is 5.32 Å². The van der Waals surface area contributed by atoms with E-state index in [0.717, 1.165) is 39.0 Å². The zero-order valence-electron chi connectivity index (χ0n) is 12.6. The van der Waals surface area contributed by atoms with Crippen LogP contribution >= 0.6 is 0 Å². The topological polar surface area (TPSA) is 50.8 Å². The zero-order chi connectivity index (χ0) is 14.3. The molecule has 0 aromatic rings. The summed E-state index contributed by atoms with van der Waals surface area (Å²) in [7, 11) is 1.55. The Morgan fingerprint density at radius 3 is 2.58 bits per heavy atom. The van der Waals surface area contributed by atoms with Gasteiger partial charge in [0.25, 0.3) is 0 Å². The molecule has 0 radical (unpaired) electrons. The molecule has 0 aromatic heterocycles. The third-order valence-corrected chi connectivity index (χ3v) is 3.42. The fourth-order valence-corrected chi connectivity index (χ4v) is 2.39. The van der Waals surface area contributed by atoms with E-state index in [4.69, 9.17) is 9.47 Å². The van der Waals surface area contributed by atoms with Crippen molar-refractivity contribution in [3.05, 3.63) is 0 Å². The van der Waals surface area contributed by atoms with Crippen LogP contribution in [0, 0.1) is 0 Å². The molecule has 3 atom stereocenters. The summed E-state index contributed by atoms with van der Waals surface area (Å²) in [6, 6.07) is 0. The Hall–Kier alpha value is -0.650. The monoisotopic (exact) mass is 272 g/mol. The van der Waals surface area contributed by atoms with Gasteiger partial charge in [-0.25, -0.2) is 0 Å². The van der Waals surface area contributed by atoms with Gasteiger partial charge in [0, 0.05) is 26.7 Å². The van der Waals surface area contributed by atoms with Gasteiger partial charge in [-0.15, -0.1) is 0 Å². The van der Waals surface area contributed by atoms with Gasteiger partial charge in [0.15, 0.2) is 0 Å². The Morgan fingerprint density at radius 2 is 2.00 bits per heavy atom. The number of carbonyl (C=O) groups is 1. The quantitative estimate of drug-likeness (QED) is 0.703. The van der Waals surface area contributed by atoms with Gasteiger partial charge in [-0.05, 0) is 40.2 Å². The molecule has 1 heterocycles. The second-order valence-electron chi connectivity index (χ2n) is 5.39. The summed E-state index contributed by atoms with van der Waals surface area (Å²) in [6.45, 7) is 9.82. The highest BCUT2D eigenvalue weighted by Crippen LogP contribution is 2.11. The van der Waals surface area contributed by atoms with E-state index < -0.39 is 0 Å². The summed E-state index contributed by atoms with van der Waals surface area (Å²) in [5.74, 6) is -0.0314. The van der Waals surface area contributed by atoms with Gasteiger partial charge in [-0.3, -0.25) is 9.69 Å². The van der Waals surface area contributed by atoms with Crippen molar-refractivity contribution >= 4 is 5.91 Å². The van der Waals surface area contributed by atoms with Crippen molar-refractivity contribution in [1.29, 1.82) is 0 Å². The Labute approximate surface area is 116 Å². The van der Waals surface area contributed by atoms with Crippen LogP contribution in [0.4, 0.5) is 0 Å². The van der Waals surface area contributed by atoms with E-state index in [2.05, 4.69) is 24.1 Å². The molecule has 0 aromatic carbocycles. The van der Waals surface area contributed by atoms with Crippen molar-refractivity contribution in [2.24, 2.45) is 0 Å². The number of rotatable bonds is 7. The first-order chi connectivity index (χ1) is 9.02. The van der Waals surface area contributed by atoms with Crippen molar-refractivity contribution in [2.45, 2.75) is 51.9 Å². The number of morpholine rings is 1. The van der Waals surface area contributed by atoms with Crippen LogP contribution in [0.1, 0.15) is 33.6 Å². The summed E-state index contributed by atoms with van der Waals surface area (Å²) in [5.41, 5.74) is 0. The highest BCUT2D eigenvalue weighted by atomic mass is 16.5. The fourth-order valence-electron chi connectivity index (χ4n) is 2.39. The third-order valence-electron chi connectivity index (χ3n) is 3.42. The first-order valence-corrected chi connectivity index (χ1v) is 7.21. The molecule has 1 fully saturated rings. The molecule has 0 bridgehead atoms. The molecule has 1 N–H and O–H groups in total. The number of nitrogens with one attached hydrogen (secondary N) is 1. The number of hydrogen-bond acceptors (Lipinski definition) is 4. The second-order valence-corrected chi connectivity index (χ2v) is 5.39. The van der Waals surface area contributed by atoms with Crippen molar-refractivity contribution in [2.75, 3.05) is 33.3 Å². The Bertz CT molecular complexity index is 263. The molecular formula is C14H28N2O3. The highest BCUT2D eigenvalue weighted by Gasteiger charge is 2.21. The number of amides is 1. The SMILES string of the molecule is COC(C)C(=O)NCCCCN1CC(C)OC(C)C1. The molecule has 1 aliphatic heterocycles. The van der Waals surface area contributed by atoms with Crippen molar-refractivity contribution in [3.8, 4) is 0 Å². The largest absolute Gasteiger partial charge is 0.373 e. The standard InChI is InChI=1S/C14H28N2O3/c1-11-9-16(10-12(2)19-11)8-6-5-7-15-14(17)13(3)18-4/h11-13H,5-10H2,1-4H3,(H,15,17). The van der Waals surface area contributed by atoms with Crippen LogP contribution in [-0.4, -0.2) is 62.4 Å². The molecule has 1 saturated heterocycles. The molecule has 3 unspecified atom stereocenters. The maximum Gasteiger partial charge on any atom is 0.248 e. The maximum absolute atomic E-state index is 11.5. The van der Waals surface area contributed by atoms with Crippen molar-refractivity contribution < 1.29 is 14.3 Å². The molecule has 1 amide bonds. The van der Waals surface area contributed by atoms with E-state index in [1.165, 1.54) is 0 Å². The van der Waals surface area contributed by atoms with Gasteiger partial charge in [-0.1, -0.05) is 0 Å². The predicted octanol–water partition coefficient (Wildman–Crippen LogP) is 1.03. The van der Waals surface area contributed by atoms with Gasteiger partial charge in [0.1, 0.15) is 6.10 Å². The summed E-state index contributed by atoms with van der Waals surface area (Å²) < 4.78 is 10.7. The lowest BCUT2D eigenvalue weighted by Gasteiger charge is -2.35. The van der Waals surface area contributed by atoms with E-state index >= 15 is 0 Å². The van der Waals surface area contributed by atoms with E-state index in [0.29, 0.717) is 12.2 Å². The second kappa shape index (κ2) is 8.51. The molecule has 5 nitrogen and oxygen atoms in total. The molecular weight excluding hydrogens is 244 g/mol. The van der Waals surface area contributed by atoms with Crippen LogP contribution in [0.2, 0.25) is 0 Å². The minimum absolute atomic E-state index is 0.0314. The highest BCUT2D eigenvalue weighted by molar-refractivity contribution is 5.80. The van der Waals surface area contributed by atoms with E-state index in [9.17, 15) is 4.79 Å². The average Bonchev–Trinajstić information content (AvgIpc) is 2.36. The van der Waals surface area contributed by atoms with E-state index in [-0.39, 0.29) is 12.0 Å². The average molecular weight is 272 g/mol. The van der Waals surface area contributed by atoms with Gasteiger partial charge < -0.3 is 14.8 Å². The lowest BCUT2D eigenvalue weighted by Crippen LogP contribution is -2.45. The summed E-state index contributed by atoms with van der Waals surface area (Å²) >= 11 is 0. The molecule has 0 aliphatic carbocycles. The molecule has 0 spiro atoms. The zero-order valence-corrected chi connectivity index (χ0v) is 12.6. The Balaban J connectivity index is 2.06. The maximum atomic E-state index is 11.5. The Morgan fingerprint density at radius 1 is 1.37 bits per heavy atom. The summed E-state index contributed by atoms with van der Waals surface area (Å²) in [6.07, 6.45) is 2.39. The lowest BCUT2D eigenvalue weighted by atomic mass is 10.2. The number of ether oxygens (including phenoxy) is 2. The van der Waals surface area contributed by atoms with Gasteiger partial charge in [0.2, 0.25) is 5.91 Å². The molecule has 19 heavy (non-hydrogen) atoms. The third kappa shape index (κ3) is 6.36. The van der Waals surface area contributed by atoms with Crippen LogP contribution in [0.5, 0.6) is 0 Å². The van der Waals surface area contributed by atoms with E-state index in [1.54, 1.807) is 14.0 Å². The normalized spacial score (nSPS) is 26.1. The molecule has 0 saturated carbocycles. The minimum atomic E-state index is -0.360. The van der Waals surface area contributed by atoms with Crippen LogP contribution in [-0.2, 0) is 14.3 Å². The smallest absolute Gasteiger partial charge is 0.248 e. The molecule has 1 rings (SSSR count). The number of methoxy groups -OCH3 is 1. The molecule has 5 heteroatoms. The van der Waals surface area contributed by atoms with Gasteiger partial charge in [0.05, 0.1) is 12.2 Å². The van der Waals surface area contributed by atoms with Crippen LogP contribution in [0.15, 0.2) is 0 Å². The minimum Gasteiger partial charge on any atom is -0.373 e. The fraction of sp³-hybridized carbons (Fsp3) is 0.929. The number of hydrogen-bond donors (Lipinski definition) is 1. The number of unbranched alkanes of at least 4 members (excludes halogenated alkanes) is 1. The first-order valence-electron chi connectivity index (χ1n) is 7.21. The van der Waals surface area contributed by atoms with Gasteiger partial charge in [-0.2, -0.15) is 0 Å². The molecule has 112 valence electrons. The van der Waals surface area contributed by atoms with E-state index in [1.807, 2.05) is 0 Å². The molecule has 1 aliphatic rings. The number of carbonyl (C=O) groups excluding carboxylic acids is 1. The first kappa shape index (κ1) is 16.4. The van der Waals surface area contributed by atoms with Crippen molar-refractivity contribution in [3.63, 3.8) is 0 Å². The van der Waals surface area contributed by atoms with Crippen molar-refractivity contribution in [1.82, 2.24) is 10.2 Å². The predicted molar refractivity (Wildman–Crippen MR) is 75.2 cm³/mol. The summed E-state index contributed by atoms with van der Waals surface area (Å²) in [4.78, 5) is 13.9. The number of nitrogens with zero attached hydrogens (tertiary/aromatic N) is 1. The van der Waals surface area contributed by atoms with Gasteiger partial charge >= 0.3 is 0 Å². The van der Waals surface area contributed by atoms with Crippen LogP contribution in [0.3, 0.4) is 0 Å².